The highest BCUT2D eigenvalue weighted by atomic mass is 16.2. The van der Waals surface area contributed by atoms with Crippen LogP contribution in [-0.4, -0.2) is 34.9 Å². The zero-order valence-corrected chi connectivity index (χ0v) is 15.2. The largest absolute Gasteiger partial charge is 0.339 e. The minimum absolute atomic E-state index is 0.126. The van der Waals surface area contributed by atoms with Gasteiger partial charge in [-0.3, -0.25) is 20.6 Å². The Balaban J connectivity index is 1.31. The second kappa shape index (κ2) is 7.56. The van der Waals surface area contributed by atoms with Gasteiger partial charge in [-0.1, -0.05) is 29.8 Å². The van der Waals surface area contributed by atoms with Crippen molar-refractivity contribution in [3.8, 4) is 0 Å². The molecule has 2 fully saturated rings. The van der Waals surface area contributed by atoms with Crippen molar-refractivity contribution >= 4 is 5.91 Å². The molecular formula is C21H26N4O. The lowest BCUT2D eigenvalue weighted by Gasteiger charge is -2.34. The fourth-order valence-electron chi connectivity index (χ4n) is 4.09. The van der Waals surface area contributed by atoms with Crippen molar-refractivity contribution in [1.82, 2.24) is 20.7 Å². The van der Waals surface area contributed by atoms with Gasteiger partial charge in [-0.05, 0) is 49.8 Å². The van der Waals surface area contributed by atoms with E-state index < -0.39 is 0 Å². The Morgan fingerprint density at radius 2 is 1.73 bits per heavy atom. The third-order valence-corrected chi connectivity index (χ3v) is 5.74. The normalized spacial score (nSPS) is 24.0. The van der Waals surface area contributed by atoms with Crippen LogP contribution in [0.5, 0.6) is 0 Å². The molecule has 0 bridgehead atoms. The second-order valence-electron chi connectivity index (χ2n) is 7.46. The molecule has 0 saturated carbocycles. The minimum atomic E-state index is 0.126. The summed E-state index contributed by atoms with van der Waals surface area (Å²) in [5.74, 6) is 0.736. The predicted octanol–water partition coefficient (Wildman–Crippen LogP) is 2.85. The van der Waals surface area contributed by atoms with Crippen molar-refractivity contribution in [2.75, 3.05) is 13.1 Å². The van der Waals surface area contributed by atoms with E-state index in [9.17, 15) is 4.79 Å². The third kappa shape index (κ3) is 3.64. The first-order valence-corrected chi connectivity index (χ1v) is 9.47. The Morgan fingerprint density at radius 3 is 2.42 bits per heavy atom. The average molecular weight is 350 g/mol. The lowest BCUT2D eigenvalue weighted by Crippen LogP contribution is -2.44. The minimum Gasteiger partial charge on any atom is -0.339 e. The number of aryl methyl sites for hydroxylation is 1. The summed E-state index contributed by atoms with van der Waals surface area (Å²) in [6.07, 6.45) is 6.57. The fraction of sp³-hybridized carbons (Fsp3) is 0.429. The number of hydrazine groups is 1. The van der Waals surface area contributed by atoms with Crippen molar-refractivity contribution in [1.29, 1.82) is 0 Å². The molecule has 2 atom stereocenters. The van der Waals surface area contributed by atoms with Gasteiger partial charge in [0.15, 0.2) is 0 Å². The summed E-state index contributed by atoms with van der Waals surface area (Å²) in [4.78, 5) is 18.5. The summed E-state index contributed by atoms with van der Waals surface area (Å²) in [5, 5.41) is 0. The van der Waals surface area contributed by atoms with E-state index in [1.54, 1.807) is 24.5 Å². The number of benzene rings is 1. The maximum Gasteiger partial charge on any atom is 0.253 e. The molecular weight excluding hydrogens is 324 g/mol. The van der Waals surface area contributed by atoms with Gasteiger partial charge in [-0.2, -0.15) is 0 Å². The van der Waals surface area contributed by atoms with E-state index in [0.717, 1.165) is 37.9 Å². The number of hydrogen-bond donors (Lipinski definition) is 2. The molecule has 1 amide bonds. The molecule has 2 unspecified atom stereocenters. The molecule has 4 rings (SSSR count). The molecule has 3 heterocycles. The summed E-state index contributed by atoms with van der Waals surface area (Å²) in [6.45, 7) is 3.78. The van der Waals surface area contributed by atoms with Crippen LogP contribution in [0, 0.1) is 12.8 Å². The van der Waals surface area contributed by atoms with Crippen LogP contribution in [0.1, 0.15) is 46.8 Å². The monoisotopic (exact) mass is 350 g/mol. The zero-order valence-electron chi connectivity index (χ0n) is 15.2. The summed E-state index contributed by atoms with van der Waals surface area (Å²) >= 11 is 0. The topological polar surface area (TPSA) is 57.3 Å². The van der Waals surface area contributed by atoms with Crippen molar-refractivity contribution in [2.24, 2.45) is 5.92 Å². The number of hydrogen-bond acceptors (Lipinski definition) is 4. The lowest BCUT2D eigenvalue weighted by atomic mass is 9.86. The van der Waals surface area contributed by atoms with E-state index in [1.807, 2.05) is 4.90 Å². The summed E-state index contributed by atoms with van der Waals surface area (Å²) in [5.41, 5.74) is 10.3. The Bertz CT molecular complexity index is 738. The van der Waals surface area contributed by atoms with Crippen molar-refractivity contribution in [3.63, 3.8) is 0 Å². The zero-order chi connectivity index (χ0) is 17.9. The van der Waals surface area contributed by atoms with E-state index in [1.165, 1.54) is 11.1 Å². The number of rotatable bonds is 3. The van der Waals surface area contributed by atoms with Gasteiger partial charge in [-0.15, -0.1) is 0 Å². The molecule has 136 valence electrons. The third-order valence-electron chi connectivity index (χ3n) is 5.74. The first-order chi connectivity index (χ1) is 12.7. The smallest absolute Gasteiger partial charge is 0.253 e. The van der Waals surface area contributed by atoms with Crippen LogP contribution in [0.15, 0.2) is 48.8 Å². The molecule has 2 aromatic rings. The molecule has 0 radical (unpaired) electrons. The van der Waals surface area contributed by atoms with Crippen molar-refractivity contribution in [3.05, 3.63) is 65.5 Å². The van der Waals surface area contributed by atoms with Gasteiger partial charge in [0.25, 0.3) is 5.91 Å². The van der Waals surface area contributed by atoms with Crippen LogP contribution >= 0.6 is 0 Å². The Kier molecular flexibility index (Phi) is 5.00. The number of aromatic nitrogens is 1. The number of nitrogens with one attached hydrogen (secondary N) is 2. The number of carbonyl (C=O) groups is 1. The van der Waals surface area contributed by atoms with E-state index >= 15 is 0 Å². The van der Waals surface area contributed by atoms with Crippen molar-refractivity contribution in [2.45, 2.75) is 38.3 Å². The molecule has 26 heavy (non-hydrogen) atoms. The number of carbonyl (C=O) groups excluding carboxylic acids is 1. The fourth-order valence-corrected chi connectivity index (χ4v) is 4.09. The lowest BCUT2D eigenvalue weighted by molar-refractivity contribution is 0.0673. The summed E-state index contributed by atoms with van der Waals surface area (Å²) in [6, 6.07) is 13.2. The molecule has 2 aliphatic heterocycles. The van der Waals surface area contributed by atoms with Gasteiger partial charge < -0.3 is 4.90 Å². The molecule has 5 nitrogen and oxygen atoms in total. The van der Waals surface area contributed by atoms with E-state index in [-0.39, 0.29) is 5.91 Å². The van der Waals surface area contributed by atoms with E-state index in [2.05, 4.69) is 47.0 Å². The second-order valence-corrected chi connectivity index (χ2v) is 7.46. The highest BCUT2D eigenvalue weighted by Crippen LogP contribution is 2.31. The first kappa shape index (κ1) is 17.2. The number of likely N-dealkylation sites (tertiary alicyclic amines) is 1. The molecule has 0 spiro atoms. The Labute approximate surface area is 154 Å². The number of nitrogens with zero attached hydrogens (tertiary/aromatic N) is 2. The van der Waals surface area contributed by atoms with Gasteiger partial charge in [0.1, 0.15) is 0 Å². The van der Waals surface area contributed by atoms with Crippen LogP contribution < -0.4 is 10.9 Å². The number of pyridine rings is 1. The number of piperidine rings is 1. The van der Waals surface area contributed by atoms with Crippen LogP contribution in [0.4, 0.5) is 0 Å². The SMILES string of the molecule is Cc1ccc(C2CC(C3CCN(C(=O)c4ccncc4)CC3)NN2)cc1. The summed E-state index contributed by atoms with van der Waals surface area (Å²) < 4.78 is 0. The highest BCUT2D eigenvalue weighted by molar-refractivity contribution is 5.94. The Hall–Kier alpha value is -2.24. The van der Waals surface area contributed by atoms with Gasteiger partial charge in [0, 0.05) is 43.1 Å². The molecule has 1 aromatic heterocycles. The van der Waals surface area contributed by atoms with Gasteiger partial charge in [0.05, 0.1) is 0 Å². The molecule has 5 heteroatoms. The maximum atomic E-state index is 12.6. The van der Waals surface area contributed by atoms with Crippen molar-refractivity contribution < 1.29 is 4.79 Å². The number of amides is 1. The standard InChI is InChI=1S/C21H26N4O/c1-15-2-4-16(5-3-15)19-14-20(24-23-19)17-8-12-25(13-9-17)21(26)18-6-10-22-11-7-18/h2-7,10-11,17,19-20,23-24H,8-9,12-14H2,1H3. The first-order valence-electron chi connectivity index (χ1n) is 9.47. The molecule has 2 aliphatic rings. The van der Waals surface area contributed by atoms with E-state index in [4.69, 9.17) is 0 Å². The quantitative estimate of drug-likeness (QED) is 0.894. The highest BCUT2D eigenvalue weighted by Gasteiger charge is 2.34. The Morgan fingerprint density at radius 1 is 1.04 bits per heavy atom. The van der Waals surface area contributed by atoms with Gasteiger partial charge >= 0.3 is 0 Å². The van der Waals surface area contributed by atoms with E-state index in [0.29, 0.717) is 18.0 Å². The van der Waals surface area contributed by atoms with Crippen LogP contribution in [0.2, 0.25) is 0 Å². The molecule has 2 saturated heterocycles. The van der Waals surface area contributed by atoms with Gasteiger partial charge in [0.2, 0.25) is 0 Å². The van der Waals surface area contributed by atoms with Crippen LogP contribution in [0.25, 0.3) is 0 Å². The maximum absolute atomic E-state index is 12.6. The summed E-state index contributed by atoms with van der Waals surface area (Å²) in [7, 11) is 0. The van der Waals surface area contributed by atoms with Crippen LogP contribution in [-0.2, 0) is 0 Å². The van der Waals surface area contributed by atoms with Crippen LogP contribution in [0.3, 0.4) is 0 Å². The molecule has 1 aromatic carbocycles. The molecule has 0 aliphatic carbocycles. The van der Waals surface area contributed by atoms with Gasteiger partial charge in [-0.25, -0.2) is 0 Å². The average Bonchev–Trinajstić information content (AvgIpc) is 3.19. The predicted molar refractivity (Wildman–Crippen MR) is 101 cm³/mol. The molecule has 2 N–H and O–H groups in total.